The molecule has 0 amide bonds. The number of fused-ring (bicyclic) bond motifs is 1. The van der Waals surface area contributed by atoms with Gasteiger partial charge >= 0.3 is 0 Å². The van der Waals surface area contributed by atoms with Crippen LogP contribution in [0, 0.1) is 0 Å². The van der Waals surface area contributed by atoms with Crippen molar-refractivity contribution >= 4 is 62.3 Å². The molecular formula is C17H9Cl2N3OS2. The molecule has 0 fully saturated rings. The Hall–Kier alpha value is -1.99. The van der Waals surface area contributed by atoms with Crippen LogP contribution in [0.3, 0.4) is 0 Å². The van der Waals surface area contributed by atoms with E-state index in [1.807, 2.05) is 22.9 Å². The third-order valence-corrected chi connectivity index (χ3v) is 6.19. The van der Waals surface area contributed by atoms with Crippen LogP contribution in [0.1, 0.15) is 5.56 Å². The van der Waals surface area contributed by atoms with Crippen molar-refractivity contribution in [3.8, 4) is 10.4 Å². The average Bonchev–Trinajstić information content (AvgIpc) is 3.27. The highest BCUT2D eigenvalue weighted by molar-refractivity contribution is 7.18. The molecule has 0 saturated heterocycles. The lowest BCUT2D eigenvalue weighted by Gasteiger charge is -2.01. The molecule has 25 heavy (non-hydrogen) atoms. The van der Waals surface area contributed by atoms with Gasteiger partial charge in [0.15, 0.2) is 0 Å². The summed E-state index contributed by atoms with van der Waals surface area (Å²) in [5.41, 5.74) is 1.30. The maximum atomic E-state index is 12.8. The second kappa shape index (κ2) is 6.72. The van der Waals surface area contributed by atoms with Gasteiger partial charge < -0.3 is 0 Å². The number of nitrogens with zero attached hydrogens (tertiary/aromatic N) is 3. The van der Waals surface area contributed by atoms with E-state index < -0.39 is 0 Å². The number of aromatic nitrogens is 2. The van der Waals surface area contributed by atoms with E-state index in [0.717, 1.165) is 10.4 Å². The molecule has 4 nitrogen and oxygen atoms in total. The van der Waals surface area contributed by atoms with E-state index in [1.165, 1.54) is 28.6 Å². The number of thiophene rings is 2. The molecule has 0 radical (unpaired) electrons. The maximum absolute atomic E-state index is 12.8. The molecule has 4 rings (SSSR count). The van der Waals surface area contributed by atoms with Crippen LogP contribution < -0.4 is 5.56 Å². The molecule has 0 atom stereocenters. The minimum absolute atomic E-state index is 0.218. The monoisotopic (exact) mass is 405 g/mol. The van der Waals surface area contributed by atoms with Crippen molar-refractivity contribution in [2.24, 2.45) is 5.10 Å². The van der Waals surface area contributed by atoms with Crippen molar-refractivity contribution in [3.63, 3.8) is 0 Å². The van der Waals surface area contributed by atoms with Gasteiger partial charge in [0.25, 0.3) is 5.56 Å². The molecular weight excluding hydrogens is 397 g/mol. The van der Waals surface area contributed by atoms with Gasteiger partial charge in [0, 0.05) is 21.4 Å². The highest BCUT2D eigenvalue weighted by Gasteiger charge is 2.13. The zero-order valence-electron chi connectivity index (χ0n) is 12.5. The molecule has 0 aliphatic heterocycles. The molecule has 0 bridgehead atoms. The van der Waals surface area contributed by atoms with Gasteiger partial charge in [-0.15, -0.1) is 22.7 Å². The lowest BCUT2D eigenvalue weighted by atomic mass is 10.2. The smallest absolute Gasteiger partial charge is 0.267 e. The van der Waals surface area contributed by atoms with Crippen LogP contribution in [0.5, 0.6) is 0 Å². The molecule has 124 valence electrons. The minimum Gasteiger partial charge on any atom is -0.267 e. The van der Waals surface area contributed by atoms with E-state index in [2.05, 4.69) is 10.1 Å². The van der Waals surface area contributed by atoms with E-state index in [1.54, 1.807) is 29.5 Å². The van der Waals surface area contributed by atoms with Crippen LogP contribution in [0.2, 0.25) is 10.0 Å². The third-order valence-electron chi connectivity index (χ3n) is 3.57. The van der Waals surface area contributed by atoms with Crippen molar-refractivity contribution in [1.29, 1.82) is 0 Å². The Kier molecular flexibility index (Phi) is 4.43. The van der Waals surface area contributed by atoms with Gasteiger partial charge in [0.05, 0.1) is 21.6 Å². The van der Waals surface area contributed by atoms with Gasteiger partial charge in [0.2, 0.25) is 0 Å². The van der Waals surface area contributed by atoms with Crippen LogP contribution in [0.4, 0.5) is 0 Å². The molecule has 0 saturated carbocycles. The van der Waals surface area contributed by atoms with Gasteiger partial charge in [-0.1, -0.05) is 41.4 Å². The Balaban J connectivity index is 1.82. The summed E-state index contributed by atoms with van der Waals surface area (Å²) in [6, 6.07) is 9.18. The fourth-order valence-electron chi connectivity index (χ4n) is 2.36. The van der Waals surface area contributed by atoms with E-state index in [9.17, 15) is 4.79 Å². The molecule has 1 aromatic carbocycles. The summed E-state index contributed by atoms with van der Waals surface area (Å²) in [6.07, 6.45) is 2.91. The highest BCUT2D eigenvalue weighted by atomic mass is 35.5. The fourth-order valence-corrected chi connectivity index (χ4v) is 4.44. The number of hydrogen-bond donors (Lipinski definition) is 0. The van der Waals surface area contributed by atoms with Crippen LogP contribution in [0.25, 0.3) is 20.7 Å². The topological polar surface area (TPSA) is 47.2 Å². The van der Waals surface area contributed by atoms with E-state index in [0.29, 0.717) is 25.8 Å². The Morgan fingerprint density at radius 2 is 2.04 bits per heavy atom. The summed E-state index contributed by atoms with van der Waals surface area (Å²) in [4.78, 5) is 18.9. The van der Waals surface area contributed by atoms with Gasteiger partial charge in [-0.2, -0.15) is 9.78 Å². The number of hydrogen-bond acceptors (Lipinski definition) is 5. The average molecular weight is 406 g/mol. The zero-order chi connectivity index (χ0) is 17.4. The van der Waals surface area contributed by atoms with Crippen molar-refractivity contribution < 1.29 is 0 Å². The highest BCUT2D eigenvalue weighted by Crippen LogP contribution is 2.33. The minimum atomic E-state index is -0.218. The van der Waals surface area contributed by atoms with Crippen molar-refractivity contribution in [2.75, 3.05) is 0 Å². The Morgan fingerprint density at radius 3 is 2.84 bits per heavy atom. The summed E-state index contributed by atoms with van der Waals surface area (Å²) < 4.78 is 1.21. The fraction of sp³-hybridized carbons (Fsp3) is 0. The standard InChI is InChI=1S/C17H9Cl2N3OS2/c18-12-4-1-3-10(15(12)19)7-21-22-9-20-16-14(17(22)23)11(8-25-16)13-5-2-6-24-13/h1-9H/b21-7-. The summed E-state index contributed by atoms with van der Waals surface area (Å²) in [7, 11) is 0. The first-order chi connectivity index (χ1) is 12.1. The largest absolute Gasteiger partial charge is 0.283 e. The van der Waals surface area contributed by atoms with Crippen molar-refractivity contribution in [3.05, 3.63) is 73.4 Å². The van der Waals surface area contributed by atoms with Gasteiger partial charge in [-0.3, -0.25) is 4.79 Å². The van der Waals surface area contributed by atoms with Crippen LogP contribution in [-0.4, -0.2) is 15.9 Å². The Bertz CT molecular complexity index is 1150. The first-order valence-corrected chi connectivity index (χ1v) is 9.68. The lowest BCUT2D eigenvalue weighted by molar-refractivity contribution is 0.819. The molecule has 0 spiro atoms. The van der Waals surface area contributed by atoms with E-state index in [-0.39, 0.29) is 5.56 Å². The van der Waals surface area contributed by atoms with Gasteiger partial charge in [-0.25, -0.2) is 4.98 Å². The molecule has 3 aromatic heterocycles. The quantitative estimate of drug-likeness (QED) is 0.429. The predicted molar refractivity (Wildman–Crippen MR) is 107 cm³/mol. The zero-order valence-corrected chi connectivity index (χ0v) is 15.7. The van der Waals surface area contributed by atoms with Crippen LogP contribution in [0.15, 0.2) is 57.3 Å². The van der Waals surface area contributed by atoms with Crippen molar-refractivity contribution in [2.45, 2.75) is 0 Å². The molecule has 3 heterocycles. The SMILES string of the molecule is O=c1c2c(-c3cccs3)csc2ncn1/N=C\c1cccc(Cl)c1Cl. The summed E-state index contributed by atoms with van der Waals surface area (Å²) >= 11 is 15.2. The molecule has 0 aliphatic rings. The van der Waals surface area contributed by atoms with Crippen molar-refractivity contribution in [1.82, 2.24) is 9.66 Å². The van der Waals surface area contributed by atoms with E-state index in [4.69, 9.17) is 23.2 Å². The number of halogens is 2. The molecule has 8 heteroatoms. The molecule has 0 aliphatic carbocycles. The molecule has 4 aromatic rings. The summed E-state index contributed by atoms with van der Waals surface area (Å²) in [5.74, 6) is 0. The van der Waals surface area contributed by atoms with Crippen LogP contribution >= 0.6 is 45.9 Å². The molecule has 0 unspecified atom stereocenters. The molecule has 0 N–H and O–H groups in total. The van der Waals surface area contributed by atoms with Gasteiger partial charge in [-0.05, 0) is 17.5 Å². The number of benzene rings is 1. The summed E-state index contributed by atoms with van der Waals surface area (Å²) in [6.45, 7) is 0. The number of rotatable bonds is 3. The maximum Gasteiger partial charge on any atom is 0.283 e. The third kappa shape index (κ3) is 3.02. The first kappa shape index (κ1) is 16.5. The van der Waals surface area contributed by atoms with Gasteiger partial charge in [0.1, 0.15) is 11.2 Å². The Labute approximate surface area is 160 Å². The van der Waals surface area contributed by atoms with Crippen LogP contribution in [-0.2, 0) is 0 Å². The second-order valence-electron chi connectivity index (χ2n) is 5.09. The predicted octanol–water partition coefficient (Wildman–Crippen LogP) is 5.38. The Morgan fingerprint density at radius 1 is 1.16 bits per heavy atom. The first-order valence-electron chi connectivity index (χ1n) is 7.16. The lowest BCUT2D eigenvalue weighted by Crippen LogP contribution is -2.16. The normalized spacial score (nSPS) is 11.6. The second-order valence-corrected chi connectivity index (χ2v) is 7.68. The summed E-state index contributed by atoms with van der Waals surface area (Å²) in [5, 5.41) is 9.54. The van der Waals surface area contributed by atoms with E-state index >= 15 is 0 Å².